The van der Waals surface area contributed by atoms with Crippen LogP contribution in [-0.4, -0.2) is 110 Å². The van der Waals surface area contributed by atoms with Gasteiger partial charge in [-0.1, -0.05) is 20.8 Å². The Morgan fingerprint density at radius 1 is 0.957 bits per heavy atom. The largest absolute Gasteiger partial charge is 0.458 e. The van der Waals surface area contributed by atoms with Gasteiger partial charge in [0.25, 0.3) is 0 Å². The van der Waals surface area contributed by atoms with Gasteiger partial charge in [-0.05, 0) is 25.7 Å². The molecule has 3 heterocycles. The van der Waals surface area contributed by atoms with Crippen LogP contribution in [0, 0.1) is 51.8 Å². The summed E-state index contributed by atoms with van der Waals surface area (Å²) in [4.78, 5) is 53.7. The Hall–Kier alpha value is -2.20. The first kappa shape index (κ1) is 31.1. The van der Waals surface area contributed by atoms with Crippen LogP contribution >= 0.6 is 0 Å². The van der Waals surface area contributed by atoms with E-state index < -0.39 is 141 Å². The number of hydrogen-bond donors (Lipinski definition) is 5. The number of ether oxygens (including phenoxy) is 5. The van der Waals surface area contributed by atoms with Crippen molar-refractivity contribution >= 4 is 23.7 Å². The maximum absolute atomic E-state index is 14.7. The molecular weight excluding hydrogens is 606 g/mol. The predicted molar refractivity (Wildman–Crippen MR) is 150 cm³/mol. The molecule has 6 N–H and O–H groups in total. The first-order chi connectivity index (χ1) is 21.2. The van der Waals surface area contributed by atoms with E-state index in [1.54, 1.807) is 20.8 Å². The second-order valence-corrected chi connectivity index (χ2v) is 16.2. The van der Waals surface area contributed by atoms with E-state index in [9.17, 15) is 39.6 Å². The number of nitrogens with two attached hydrogens (primary N) is 1. The lowest BCUT2D eigenvalue weighted by Gasteiger charge is -2.67. The summed E-state index contributed by atoms with van der Waals surface area (Å²) >= 11 is 0. The third-order valence-corrected chi connectivity index (χ3v) is 14.7. The van der Waals surface area contributed by atoms with Crippen LogP contribution in [0.4, 0.5) is 0 Å². The molecular formula is C32H43NO13. The summed E-state index contributed by atoms with van der Waals surface area (Å²) in [6.07, 6.45) is -7.37. The van der Waals surface area contributed by atoms with Crippen molar-refractivity contribution in [3.63, 3.8) is 0 Å². The molecule has 2 unspecified atom stereocenters. The predicted octanol–water partition coefficient (Wildman–Crippen LogP) is -1.44. The number of rotatable bonds is 2. The highest BCUT2D eigenvalue weighted by atomic mass is 16.8. The zero-order valence-electron chi connectivity index (χ0n) is 26.8. The molecule has 3 saturated heterocycles. The van der Waals surface area contributed by atoms with Gasteiger partial charge in [-0.15, -0.1) is 0 Å². The SMILES string of the molecule is CC(=O)O[C@H]1C2C(C(=O)[C@@H](N)[C@@]3(O)C[C@@H]4O[C@@H]4[C@H](O)[C@]23C)[C@@H]2[C@@H](O)[C@@H]3[C@H]([C@H](C)[C@H]4O[C@]45OC(=O)[C@@](C)(O)[C@]35C)[C@@]2(C)[C@H]1OC(C)=O. The molecule has 0 radical (unpaired) electrons. The highest BCUT2D eigenvalue weighted by molar-refractivity contribution is 5.90. The maximum Gasteiger partial charge on any atom is 0.341 e. The fourth-order valence-electron chi connectivity index (χ4n) is 12.6. The second kappa shape index (κ2) is 8.50. The molecule has 5 saturated carbocycles. The molecule has 1 spiro atoms. The maximum atomic E-state index is 14.7. The van der Waals surface area contributed by atoms with Crippen molar-refractivity contribution in [3.05, 3.63) is 0 Å². The molecule has 14 nitrogen and oxygen atoms in total. The standard InChI is InChI=1S/C32H43NO13/c1-9-14-17(29(6)30(7,40)26(39)46-32(29)24(9)45-32)19(37)15-13-16(21(42-10(2)34)25(27(14,15)4)43-11(3)35)28(5)23(38)20-12(44-20)8-31(28,41)22(33)18(13)36/h9,12-17,19-25,37-38,40-41H,8,33H2,1-7H3/t9-,12-,13?,14-,15+,16?,17-,19+,20-,21-,22+,23-,24+,25-,27+,28-,29-,30+,31-,32-/m0/s1. The highest BCUT2D eigenvalue weighted by Gasteiger charge is 2.93. The van der Waals surface area contributed by atoms with Crippen molar-refractivity contribution in [1.82, 2.24) is 0 Å². The second-order valence-electron chi connectivity index (χ2n) is 16.2. The molecule has 8 fully saturated rings. The molecule has 0 aromatic rings. The van der Waals surface area contributed by atoms with E-state index in [0.29, 0.717) is 0 Å². The van der Waals surface area contributed by atoms with Crippen LogP contribution in [0.3, 0.4) is 0 Å². The number of aliphatic hydroxyl groups is 4. The lowest BCUT2D eigenvalue weighted by molar-refractivity contribution is -0.286. The molecule has 14 heteroatoms. The fourth-order valence-corrected chi connectivity index (χ4v) is 12.6. The highest BCUT2D eigenvalue weighted by Crippen LogP contribution is 2.80. The molecule has 254 valence electrons. The molecule has 0 bridgehead atoms. The number of carbonyl (C=O) groups excluding carboxylic acids is 4. The summed E-state index contributed by atoms with van der Waals surface area (Å²) in [6.45, 7) is 10.6. The lowest BCUT2D eigenvalue weighted by Crippen LogP contribution is -2.81. The number of Topliss-reactive ketones (excluding diaryl/α,β-unsaturated/α-hetero) is 1. The van der Waals surface area contributed by atoms with Crippen molar-refractivity contribution < 1.29 is 63.3 Å². The Balaban J connectivity index is 1.39. The monoisotopic (exact) mass is 649 g/mol. The Labute approximate surface area is 265 Å². The Kier molecular flexibility index (Phi) is 5.74. The summed E-state index contributed by atoms with van der Waals surface area (Å²) in [5.74, 6) is -10.0. The number of aliphatic hydroxyl groups excluding tert-OH is 2. The van der Waals surface area contributed by atoms with Crippen LogP contribution in [0.15, 0.2) is 0 Å². The number of ketones is 1. The summed E-state index contributed by atoms with van der Waals surface area (Å²) in [5, 5.41) is 48.7. The molecule has 0 aromatic heterocycles. The Morgan fingerprint density at radius 2 is 1.59 bits per heavy atom. The van der Waals surface area contributed by atoms with Crippen LogP contribution < -0.4 is 5.73 Å². The molecule has 8 rings (SSSR count). The van der Waals surface area contributed by atoms with Crippen LogP contribution in [0.1, 0.15) is 54.9 Å². The number of epoxide rings is 2. The third kappa shape index (κ3) is 2.94. The molecule has 3 aliphatic heterocycles. The summed E-state index contributed by atoms with van der Waals surface area (Å²) in [5.41, 5.74) is -1.95. The van der Waals surface area contributed by atoms with E-state index >= 15 is 0 Å². The zero-order chi connectivity index (χ0) is 33.6. The van der Waals surface area contributed by atoms with Gasteiger partial charge in [0, 0.05) is 54.8 Å². The van der Waals surface area contributed by atoms with Gasteiger partial charge >= 0.3 is 17.9 Å². The van der Waals surface area contributed by atoms with Gasteiger partial charge in [0.2, 0.25) is 5.79 Å². The van der Waals surface area contributed by atoms with E-state index in [0.717, 1.165) is 0 Å². The molecule has 20 atom stereocenters. The average Bonchev–Trinajstić information content (AvgIpc) is 3.86. The van der Waals surface area contributed by atoms with Crippen molar-refractivity contribution in [3.8, 4) is 0 Å². The minimum Gasteiger partial charge on any atom is -0.458 e. The third-order valence-electron chi connectivity index (χ3n) is 14.7. The van der Waals surface area contributed by atoms with Gasteiger partial charge in [-0.25, -0.2) is 4.79 Å². The quantitative estimate of drug-likeness (QED) is 0.131. The Bertz CT molecular complexity index is 1490. The van der Waals surface area contributed by atoms with Gasteiger partial charge in [0.05, 0.1) is 35.4 Å². The number of fused-ring (bicyclic) bond motifs is 9. The van der Waals surface area contributed by atoms with Crippen LogP contribution in [0.5, 0.6) is 0 Å². The first-order valence-electron chi connectivity index (χ1n) is 16.2. The van der Waals surface area contributed by atoms with Crippen molar-refractivity contribution in [2.45, 2.75) is 121 Å². The molecule has 0 aromatic carbocycles. The van der Waals surface area contributed by atoms with Gasteiger partial charge in [-0.3, -0.25) is 14.4 Å². The minimum absolute atomic E-state index is 0.0545. The molecule has 0 amide bonds. The molecule has 5 aliphatic carbocycles. The average molecular weight is 650 g/mol. The summed E-state index contributed by atoms with van der Waals surface area (Å²) < 4.78 is 29.7. The fraction of sp³-hybridized carbons (Fsp3) is 0.875. The smallest absolute Gasteiger partial charge is 0.341 e. The number of esters is 3. The molecule has 46 heavy (non-hydrogen) atoms. The van der Waals surface area contributed by atoms with Crippen LogP contribution in [0.25, 0.3) is 0 Å². The Morgan fingerprint density at radius 3 is 2.20 bits per heavy atom. The van der Waals surface area contributed by atoms with E-state index in [1.165, 1.54) is 20.8 Å². The summed E-state index contributed by atoms with van der Waals surface area (Å²) in [6, 6.07) is -1.50. The summed E-state index contributed by atoms with van der Waals surface area (Å²) in [7, 11) is 0. The van der Waals surface area contributed by atoms with E-state index in [2.05, 4.69) is 0 Å². The van der Waals surface area contributed by atoms with Crippen molar-refractivity contribution in [1.29, 1.82) is 0 Å². The van der Waals surface area contributed by atoms with Gasteiger partial charge in [0.1, 0.15) is 24.4 Å². The van der Waals surface area contributed by atoms with E-state index in [4.69, 9.17) is 29.4 Å². The van der Waals surface area contributed by atoms with E-state index in [1.807, 2.05) is 6.92 Å². The number of carbonyl (C=O) groups is 4. The topological polar surface area (TPSA) is 228 Å². The normalized spacial score (nSPS) is 63.5. The number of hydrogen-bond acceptors (Lipinski definition) is 14. The van der Waals surface area contributed by atoms with Gasteiger partial charge in [-0.2, -0.15) is 0 Å². The van der Waals surface area contributed by atoms with Crippen LogP contribution in [-0.2, 0) is 42.9 Å². The van der Waals surface area contributed by atoms with Gasteiger partial charge < -0.3 is 49.8 Å². The molecule has 8 aliphatic rings. The minimum atomic E-state index is -2.11. The van der Waals surface area contributed by atoms with Crippen LogP contribution in [0.2, 0.25) is 0 Å². The van der Waals surface area contributed by atoms with Crippen molar-refractivity contribution in [2.24, 2.45) is 57.5 Å². The van der Waals surface area contributed by atoms with E-state index in [-0.39, 0.29) is 6.42 Å². The lowest BCUT2D eigenvalue weighted by atomic mass is 9.39. The zero-order valence-corrected chi connectivity index (χ0v) is 26.8. The van der Waals surface area contributed by atoms with Gasteiger partial charge in [0.15, 0.2) is 11.4 Å². The first-order valence-corrected chi connectivity index (χ1v) is 16.2. The van der Waals surface area contributed by atoms with Crippen molar-refractivity contribution in [2.75, 3.05) is 0 Å².